The minimum atomic E-state index is -1.16. The van der Waals surface area contributed by atoms with E-state index < -0.39 is 17.9 Å². The van der Waals surface area contributed by atoms with Crippen LogP contribution in [0.5, 0.6) is 0 Å². The molecule has 1 saturated heterocycles. The van der Waals surface area contributed by atoms with Crippen LogP contribution < -0.4 is 16.4 Å². The number of hydrogen-bond donors (Lipinski definition) is 4. The number of carbonyl (C=O) groups is 3. The van der Waals surface area contributed by atoms with E-state index in [1.807, 2.05) is 4.90 Å². The number of amides is 2. The highest BCUT2D eigenvalue weighted by atomic mass is 16.4. The molecule has 20 heavy (non-hydrogen) atoms. The van der Waals surface area contributed by atoms with Crippen LogP contribution in [0.1, 0.15) is 19.3 Å². The van der Waals surface area contributed by atoms with Crippen molar-refractivity contribution in [3.8, 4) is 0 Å². The van der Waals surface area contributed by atoms with Gasteiger partial charge in [-0.05, 0) is 25.9 Å². The summed E-state index contributed by atoms with van der Waals surface area (Å²) in [7, 11) is 0. The van der Waals surface area contributed by atoms with E-state index in [4.69, 9.17) is 10.8 Å². The second-order valence-electron chi connectivity index (χ2n) is 4.84. The van der Waals surface area contributed by atoms with E-state index in [1.54, 1.807) is 0 Å². The smallest absolute Gasteiger partial charge is 0.326 e. The fraction of sp³-hybridized carbons (Fsp3) is 0.750. The number of rotatable bonds is 7. The zero-order valence-corrected chi connectivity index (χ0v) is 11.4. The Bertz CT molecular complexity index is 353. The summed E-state index contributed by atoms with van der Waals surface area (Å²) in [4.78, 5) is 35.5. The molecule has 1 aliphatic heterocycles. The van der Waals surface area contributed by atoms with Crippen molar-refractivity contribution < 1.29 is 19.5 Å². The summed E-state index contributed by atoms with van der Waals surface area (Å²) in [6, 6.07) is -1.07. The van der Waals surface area contributed by atoms with Crippen LogP contribution in [0.15, 0.2) is 0 Å². The molecule has 0 bridgehead atoms. The molecule has 1 fully saturated rings. The van der Waals surface area contributed by atoms with Crippen molar-refractivity contribution in [1.29, 1.82) is 0 Å². The van der Waals surface area contributed by atoms with Crippen molar-refractivity contribution >= 4 is 17.8 Å². The van der Waals surface area contributed by atoms with Crippen molar-refractivity contribution in [3.63, 3.8) is 0 Å². The Morgan fingerprint density at radius 1 is 1.30 bits per heavy atom. The molecule has 0 spiro atoms. The highest BCUT2D eigenvalue weighted by Crippen LogP contribution is 1.99. The summed E-state index contributed by atoms with van der Waals surface area (Å²) in [5, 5.41) is 14.7. The highest BCUT2D eigenvalue weighted by Gasteiger charge is 2.21. The van der Waals surface area contributed by atoms with Gasteiger partial charge in [-0.15, -0.1) is 0 Å². The van der Waals surface area contributed by atoms with Crippen LogP contribution >= 0.6 is 0 Å². The van der Waals surface area contributed by atoms with Gasteiger partial charge >= 0.3 is 5.97 Å². The maximum Gasteiger partial charge on any atom is 0.326 e. The van der Waals surface area contributed by atoms with Gasteiger partial charge in [0.25, 0.3) is 0 Å². The standard InChI is InChI=1S/C12H22N4O4/c13-10(17)3-2-9(12(19)20)15-11(18)8-16-6-1-4-14-5-7-16/h9,14H,1-8H2,(H2,13,17)(H,15,18)(H,19,20). The molecule has 2 amide bonds. The quantitative estimate of drug-likeness (QED) is 0.434. The number of hydrogen-bond acceptors (Lipinski definition) is 5. The second-order valence-corrected chi connectivity index (χ2v) is 4.84. The predicted molar refractivity (Wildman–Crippen MR) is 71.9 cm³/mol. The van der Waals surface area contributed by atoms with Crippen LogP contribution in [0.3, 0.4) is 0 Å². The molecule has 0 aromatic heterocycles. The van der Waals surface area contributed by atoms with E-state index in [0.717, 1.165) is 32.6 Å². The largest absolute Gasteiger partial charge is 0.480 e. The lowest BCUT2D eigenvalue weighted by Crippen LogP contribution is -2.46. The maximum absolute atomic E-state index is 11.8. The van der Waals surface area contributed by atoms with Gasteiger partial charge < -0.3 is 21.5 Å². The number of carboxylic acids is 1. The predicted octanol–water partition coefficient (Wildman–Crippen LogP) is -1.88. The first kappa shape index (κ1) is 16.4. The molecule has 0 radical (unpaired) electrons. The minimum Gasteiger partial charge on any atom is -0.480 e. The van der Waals surface area contributed by atoms with E-state index >= 15 is 0 Å². The van der Waals surface area contributed by atoms with Crippen LogP contribution in [0, 0.1) is 0 Å². The zero-order valence-electron chi connectivity index (χ0n) is 11.4. The summed E-state index contributed by atoms with van der Waals surface area (Å²) in [5.74, 6) is -2.08. The van der Waals surface area contributed by atoms with E-state index in [1.165, 1.54) is 0 Å². The summed E-state index contributed by atoms with van der Waals surface area (Å²) in [6.45, 7) is 3.47. The normalized spacial score (nSPS) is 18.0. The number of carboxylic acid groups (broad SMARTS) is 1. The Hall–Kier alpha value is -1.67. The first-order valence-electron chi connectivity index (χ1n) is 6.72. The molecule has 0 aliphatic carbocycles. The third kappa shape index (κ3) is 6.48. The molecule has 0 aromatic rings. The van der Waals surface area contributed by atoms with E-state index in [0.29, 0.717) is 0 Å². The van der Waals surface area contributed by atoms with Gasteiger partial charge in [0, 0.05) is 19.5 Å². The third-order valence-corrected chi connectivity index (χ3v) is 3.11. The lowest BCUT2D eigenvalue weighted by Gasteiger charge is -2.20. The number of nitrogens with zero attached hydrogens (tertiary/aromatic N) is 1. The van der Waals surface area contributed by atoms with Gasteiger partial charge in [-0.2, -0.15) is 0 Å². The van der Waals surface area contributed by atoms with E-state index in [-0.39, 0.29) is 25.3 Å². The Balaban J connectivity index is 2.40. The van der Waals surface area contributed by atoms with Crippen LogP contribution in [-0.4, -0.2) is 66.6 Å². The summed E-state index contributed by atoms with van der Waals surface area (Å²) in [5.41, 5.74) is 4.98. The van der Waals surface area contributed by atoms with Gasteiger partial charge in [-0.25, -0.2) is 4.79 Å². The van der Waals surface area contributed by atoms with E-state index in [9.17, 15) is 14.4 Å². The molecule has 0 aromatic carbocycles. The van der Waals surface area contributed by atoms with Crippen molar-refractivity contribution in [1.82, 2.24) is 15.5 Å². The van der Waals surface area contributed by atoms with Crippen LogP contribution in [0.4, 0.5) is 0 Å². The molecule has 5 N–H and O–H groups in total. The average molecular weight is 286 g/mol. The molecule has 1 unspecified atom stereocenters. The monoisotopic (exact) mass is 286 g/mol. The molecular weight excluding hydrogens is 264 g/mol. The second kappa shape index (κ2) is 8.49. The Morgan fingerprint density at radius 2 is 2.05 bits per heavy atom. The molecule has 1 heterocycles. The summed E-state index contributed by atoms with van der Waals surface area (Å²) in [6.07, 6.45) is 0.903. The van der Waals surface area contributed by atoms with E-state index in [2.05, 4.69) is 10.6 Å². The topological polar surface area (TPSA) is 125 Å². The van der Waals surface area contributed by atoms with Crippen LogP contribution in [-0.2, 0) is 14.4 Å². The average Bonchev–Trinajstić information content (AvgIpc) is 2.62. The van der Waals surface area contributed by atoms with Gasteiger partial charge in [0.15, 0.2) is 0 Å². The highest BCUT2D eigenvalue weighted by molar-refractivity contribution is 5.85. The van der Waals surface area contributed by atoms with Crippen molar-refractivity contribution in [2.45, 2.75) is 25.3 Å². The zero-order chi connectivity index (χ0) is 15.0. The molecular formula is C12H22N4O4. The summed E-state index contributed by atoms with van der Waals surface area (Å²) < 4.78 is 0. The number of nitrogens with two attached hydrogens (primary N) is 1. The van der Waals surface area contributed by atoms with Crippen molar-refractivity contribution in [3.05, 3.63) is 0 Å². The molecule has 0 saturated carbocycles. The SMILES string of the molecule is NC(=O)CCC(NC(=O)CN1CCCNCC1)C(=O)O. The fourth-order valence-electron chi connectivity index (χ4n) is 2.05. The van der Waals surface area contributed by atoms with Gasteiger partial charge in [0.1, 0.15) is 6.04 Å². The van der Waals surface area contributed by atoms with Crippen molar-refractivity contribution in [2.75, 3.05) is 32.7 Å². The summed E-state index contributed by atoms with van der Waals surface area (Å²) >= 11 is 0. The first-order chi connectivity index (χ1) is 9.49. The number of primary amides is 1. The van der Waals surface area contributed by atoms with Gasteiger partial charge in [0.2, 0.25) is 11.8 Å². The lowest BCUT2D eigenvalue weighted by atomic mass is 10.1. The Morgan fingerprint density at radius 3 is 2.70 bits per heavy atom. The number of carbonyl (C=O) groups excluding carboxylic acids is 2. The number of nitrogens with one attached hydrogen (secondary N) is 2. The Labute approximate surface area is 117 Å². The molecule has 1 rings (SSSR count). The fourth-order valence-corrected chi connectivity index (χ4v) is 2.05. The molecule has 1 aliphatic rings. The van der Waals surface area contributed by atoms with Gasteiger partial charge in [-0.1, -0.05) is 0 Å². The molecule has 8 nitrogen and oxygen atoms in total. The van der Waals surface area contributed by atoms with Crippen LogP contribution in [0.25, 0.3) is 0 Å². The molecule has 8 heteroatoms. The molecule has 1 atom stereocenters. The van der Waals surface area contributed by atoms with Crippen LogP contribution in [0.2, 0.25) is 0 Å². The third-order valence-electron chi connectivity index (χ3n) is 3.11. The minimum absolute atomic E-state index is 0.0119. The first-order valence-corrected chi connectivity index (χ1v) is 6.72. The Kier molecular flexibility index (Phi) is 6.96. The number of aliphatic carboxylic acids is 1. The molecule has 114 valence electrons. The lowest BCUT2D eigenvalue weighted by molar-refractivity contribution is -0.142. The van der Waals surface area contributed by atoms with Gasteiger partial charge in [0.05, 0.1) is 6.54 Å². The van der Waals surface area contributed by atoms with Gasteiger partial charge in [-0.3, -0.25) is 14.5 Å². The maximum atomic E-state index is 11.8. The van der Waals surface area contributed by atoms with Crippen molar-refractivity contribution in [2.24, 2.45) is 5.73 Å².